The van der Waals surface area contributed by atoms with E-state index in [2.05, 4.69) is 0 Å². The number of carbonyl (C=O) groups excluding carboxylic acids is 1. The van der Waals surface area contributed by atoms with E-state index in [1.165, 1.54) is 0 Å². The van der Waals surface area contributed by atoms with Gasteiger partial charge in [-0.3, -0.25) is 9.69 Å². The standard InChI is InChI=1S/C9H19NO4/c1-8(2)14-9(13)7-10(3-5-11)4-6-12/h8,11-12H,3-7H2,1-2H3. The summed E-state index contributed by atoms with van der Waals surface area (Å²) in [5, 5.41) is 17.4. The molecule has 0 aromatic rings. The Hall–Kier alpha value is -0.650. The molecule has 0 amide bonds. The number of hydrogen-bond acceptors (Lipinski definition) is 5. The van der Waals surface area contributed by atoms with E-state index in [9.17, 15) is 4.79 Å². The summed E-state index contributed by atoms with van der Waals surface area (Å²) >= 11 is 0. The molecule has 0 aromatic carbocycles. The monoisotopic (exact) mass is 205 g/mol. The van der Waals surface area contributed by atoms with E-state index >= 15 is 0 Å². The van der Waals surface area contributed by atoms with Gasteiger partial charge in [0, 0.05) is 13.1 Å². The molecule has 0 radical (unpaired) electrons. The SMILES string of the molecule is CC(C)OC(=O)CN(CCO)CCO. The van der Waals surface area contributed by atoms with Crippen LogP contribution in [0.3, 0.4) is 0 Å². The summed E-state index contributed by atoms with van der Waals surface area (Å²) in [6.07, 6.45) is -0.132. The maximum Gasteiger partial charge on any atom is 0.320 e. The van der Waals surface area contributed by atoms with Crippen molar-refractivity contribution < 1.29 is 19.7 Å². The van der Waals surface area contributed by atoms with Gasteiger partial charge in [0.1, 0.15) is 0 Å². The first-order valence-corrected chi connectivity index (χ1v) is 4.73. The highest BCUT2D eigenvalue weighted by molar-refractivity contribution is 5.71. The molecule has 84 valence electrons. The molecule has 5 heteroatoms. The molecule has 0 saturated heterocycles. The second kappa shape index (κ2) is 7.73. The van der Waals surface area contributed by atoms with Gasteiger partial charge in [-0.1, -0.05) is 0 Å². The molecule has 0 spiro atoms. The largest absolute Gasteiger partial charge is 0.462 e. The van der Waals surface area contributed by atoms with Crippen LogP contribution in [0.2, 0.25) is 0 Å². The lowest BCUT2D eigenvalue weighted by Gasteiger charge is -2.19. The third-order valence-corrected chi connectivity index (χ3v) is 1.55. The molecule has 0 aromatic heterocycles. The summed E-state index contributed by atoms with van der Waals surface area (Å²) in [5.41, 5.74) is 0. The summed E-state index contributed by atoms with van der Waals surface area (Å²) < 4.78 is 4.93. The molecule has 0 heterocycles. The number of nitrogens with zero attached hydrogens (tertiary/aromatic N) is 1. The third-order valence-electron chi connectivity index (χ3n) is 1.55. The molecular weight excluding hydrogens is 186 g/mol. The zero-order valence-corrected chi connectivity index (χ0v) is 8.77. The van der Waals surface area contributed by atoms with Gasteiger partial charge in [-0.05, 0) is 13.8 Å². The van der Waals surface area contributed by atoms with Crippen molar-refractivity contribution in [1.29, 1.82) is 0 Å². The first kappa shape index (κ1) is 13.4. The van der Waals surface area contributed by atoms with Crippen LogP contribution < -0.4 is 0 Å². The Morgan fingerprint density at radius 2 is 1.79 bits per heavy atom. The van der Waals surface area contributed by atoms with E-state index in [0.717, 1.165) is 0 Å². The number of hydrogen-bond donors (Lipinski definition) is 2. The molecule has 0 fully saturated rings. The van der Waals surface area contributed by atoms with Crippen LogP contribution in [0.4, 0.5) is 0 Å². The van der Waals surface area contributed by atoms with Crippen LogP contribution in [0.25, 0.3) is 0 Å². The highest BCUT2D eigenvalue weighted by atomic mass is 16.5. The number of aliphatic hydroxyl groups excluding tert-OH is 2. The second-order valence-corrected chi connectivity index (χ2v) is 3.26. The van der Waals surface area contributed by atoms with Gasteiger partial charge < -0.3 is 14.9 Å². The molecule has 2 N–H and O–H groups in total. The van der Waals surface area contributed by atoms with E-state index in [-0.39, 0.29) is 31.8 Å². The number of esters is 1. The molecule has 0 bridgehead atoms. The predicted molar refractivity (Wildman–Crippen MR) is 51.8 cm³/mol. The Labute approximate surface area is 84.3 Å². The third kappa shape index (κ3) is 6.82. The molecule has 0 aliphatic carbocycles. The van der Waals surface area contributed by atoms with Gasteiger partial charge in [-0.15, -0.1) is 0 Å². The average Bonchev–Trinajstić information content (AvgIpc) is 2.03. The summed E-state index contributed by atoms with van der Waals surface area (Å²) in [7, 11) is 0. The van der Waals surface area contributed by atoms with Crippen molar-refractivity contribution in [3.05, 3.63) is 0 Å². The molecule has 0 saturated carbocycles. The number of ether oxygens (including phenoxy) is 1. The number of aliphatic hydroxyl groups is 2. The Balaban J connectivity index is 3.82. The first-order valence-electron chi connectivity index (χ1n) is 4.73. The van der Waals surface area contributed by atoms with E-state index in [0.29, 0.717) is 13.1 Å². The van der Waals surface area contributed by atoms with Crippen LogP contribution in [0.15, 0.2) is 0 Å². The van der Waals surface area contributed by atoms with E-state index in [1.807, 2.05) is 0 Å². The summed E-state index contributed by atoms with van der Waals surface area (Å²) in [4.78, 5) is 12.8. The van der Waals surface area contributed by atoms with Gasteiger partial charge in [0.05, 0.1) is 25.9 Å². The lowest BCUT2D eigenvalue weighted by molar-refractivity contribution is -0.148. The van der Waals surface area contributed by atoms with Crippen molar-refractivity contribution in [3.63, 3.8) is 0 Å². The fraction of sp³-hybridized carbons (Fsp3) is 0.889. The summed E-state index contributed by atoms with van der Waals surface area (Å²) in [5.74, 6) is -0.332. The van der Waals surface area contributed by atoms with Crippen LogP contribution in [0, 0.1) is 0 Å². The van der Waals surface area contributed by atoms with Gasteiger partial charge >= 0.3 is 5.97 Å². The Morgan fingerprint density at radius 1 is 1.29 bits per heavy atom. The Kier molecular flexibility index (Phi) is 7.37. The highest BCUT2D eigenvalue weighted by Gasteiger charge is 2.11. The normalized spacial score (nSPS) is 11.0. The smallest absolute Gasteiger partial charge is 0.320 e. The van der Waals surface area contributed by atoms with Crippen molar-refractivity contribution >= 4 is 5.97 Å². The molecule has 0 atom stereocenters. The molecular formula is C9H19NO4. The van der Waals surface area contributed by atoms with E-state index in [4.69, 9.17) is 14.9 Å². The molecule has 5 nitrogen and oxygen atoms in total. The lowest BCUT2D eigenvalue weighted by atomic mass is 10.4. The van der Waals surface area contributed by atoms with Crippen molar-refractivity contribution in [2.24, 2.45) is 0 Å². The molecule has 0 rings (SSSR count). The Morgan fingerprint density at radius 3 is 2.14 bits per heavy atom. The topological polar surface area (TPSA) is 70.0 Å². The van der Waals surface area contributed by atoms with Gasteiger partial charge in [0.2, 0.25) is 0 Å². The minimum Gasteiger partial charge on any atom is -0.462 e. The predicted octanol–water partition coefficient (Wildman–Crippen LogP) is -0.775. The molecule has 0 unspecified atom stereocenters. The van der Waals surface area contributed by atoms with Crippen LogP contribution >= 0.6 is 0 Å². The van der Waals surface area contributed by atoms with Crippen LogP contribution in [-0.4, -0.2) is 60.0 Å². The molecule has 0 aliphatic heterocycles. The van der Waals surface area contributed by atoms with Gasteiger partial charge in [-0.2, -0.15) is 0 Å². The van der Waals surface area contributed by atoms with Crippen molar-refractivity contribution in [2.75, 3.05) is 32.8 Å². The lowest BCUT2D eigenvalue weighted by Crippen LogP contribution is -2.36. The summed E-state index contributed by atoms with van der Waals surface area (Å²) in [6, 6.07) is 0. The van der Waals surface area contributed by atoms with Crippen molar-refractivity contribution in [3.8, 4) is 0 Å². The van der Waals surface area contributed by atoms with Gasteiger partial charge in [0.15, 0.2) is 0 Å². The first-order chi connectivity index (χ1) is 6.60. The van der Waals surface area contributed by atoms with Gasteiger partial charge in [-0.25, -0.2) is 0 Å². The quantitative estimate of drug-likeness (QED) is 0.534. The zero-order valence-electron chi connectivity index (χ0n) is 8.77. The number of rotatable bonds is 7. The Bertz CT molecular complexity index is 155. The second-order valence-electron chi connectivity index (χ2n) is 3.26. The average molecular weight is 205 g/mol. The minimum atomic E-state index is -0.332. The van der Waals surface area contributed by atoms with E-state index < -0.39 is 0 Å². The highest BCUT2D eigenvalue weighted by Crippen LogP contribution is 1.93. The minimum absolute atomic E-state index is 0.0328. The number of carbonyl (C=O) groups is 1. The van der Waals surface area contributed by atoms with Crippen LogP contribution in [0.1, 0.15) is 13.8 Å². The maximum absolute atomic E-state index is 11.2. The maximum atomic E-state index is 11.2. The van der Waals surface area contributed by atoms with Crippen LogP contribution in [0.5, 0.6) is 0 Å². The summed E-state index contributed by atoms with van der Waals surface area (Å²) in [6.45, 7) is 4.34. The van der Waals surface area contributed by atoms with Crippen molar-refractivity contribution in [2.45, 2.75) is 20.0 Å². The van der Waals surface area contributed by atoms with Crippen LogP contribution in [-0.2, 0) is 9.53 Å². The van der Waals surface area contributed by atoms with Gasteiger partial charge in [0.25, 0.3) is 0 Å². The zero-order chi connectivity index (χ0) is 11.0. The fourth-order valence-corrected chi connectivity index (χ4v) is 1.04. The molecule has 14 heavy (non-hydrogen) atoms. The molecule has 0 aliphatic rings. The fourth-order valence-electron chi connectivity index (χ4n) is 1.04. The van der Waals surface area contributed by atoms with E-state index in [1.54, 1.807) is 18.7 Å². The van der Waals surface area contributed by atoms with Crippen molar-refractivity contribution in [1.82, 2.24) is 4.90 Å².